The van der Waals surface area contributed by atoms with Gasteiger partial charge < -0.3 is 4.90 Å². The lowest BCUT2D eigenvalue weighted by atomic mass is 10.3. The summed E-state index contributed by atoms with van der Waals surface area (Å²) in [6.45, 7) is 4.20. The highest BCUT2D eigenvalue weighted by Gasteiger charge is 2.22. The standard InChI is InChI=1S/C10H13ClN2O3S/c1-7(2)12(6-5-11)10(14)8-3-4-9(17-8)13(15)16/h3-4,7H,5-6H2,1-2H3. The largest absolute Gasteiger partial charge is 0.334 e. The highest BCUT2D eigenvalue weighted by atomic mass is 35.5. The van der Waals surface area contributed by atoms with E-state index in [1.807, 2.05) is 13.8 Å². The van der Waals surface area contributed by atoms with Crippen LogP contribution in [0.2, 0.25) is 0 Å². The van der Waals surface area contributed by atoms with Gasteiger partial charge in [-0.05, 0) is 19.9 Å². The Morgan fingerprint density at radius 3 is 2.65 bits per heavy atom. The number of alkyl halides is 1. The zero-order valence-corrected chi connectivity index (χ0v) is 11.1. The Morgan fingerprint density at radius 1 is 1.59 bits per heavy atom. The van der Waals surface area contributed by atoms with E-state index in [0.29, 0.717) is 17.3 Å². The van der Waals surface area contributed by atoms with Crippen molar-refractivity contribution in [2.75, 3.05) is 12.4 Å². The number of hydrogen-bond donors (Lipinski definition) is 0. The van der Waals surface area contributed by atoms with Gasteiger partial charge in [-0.25, -0.2) is 0 Å². The summed E-state index contributed by atoms with van der Waals surface area (Å²) < 4.78 is 0. The van der Waals surface area contributed by atoms with Crippen LogP contribution in [0, 0.1) is 10.1 Å². The van der Waals surface area contributed by atoms with Crippen molar-refractivity contribution >= 4 is 33.8 Å². The predicted molar refractivity (Wildman–Crippen MR) is 67.9 cm³/mol. The molecule has 0 aliphatic rings. The van der Waals surface area contributed by atoms with Crippen LogP contribution >= 0.6 is 22.9 Å². The smallest absolute Gasteiger partial charge is 0.324 e. The summed E-state index contributed by atoms with van der Waals surface area (Å²) in [5, 5.41) is 10.5. The van der Waals surface area contributed by atoms with Crippen molar-refractivity contribution in [1.29, 1.82) is 0 Å². The number of carbonyl (C=O) groups excluding carboxylic acids is 1. The molecule has 17 heavy (non-hydrogen) atoms. The molecule has 1 rings (SSSR count). The van der Waals surface area contributed by atoms with Gasteiger partial charge in [-0.1, -0.05) is 11.3 Å². The van der Waals surface area contributed by atoms with Gasteiger partial charge in [0.05, 0.1) is 9.80 Å². The van der Waals surface area contributed by atoms with E-state index in [4.69, 9.17) is 11.6 Å². The molecular formula is C10H13ClN2O3S. The second kappa shape index (κ2) is 5.97. The molecule has 0 bridgehead atoms. The molecule has 0 N–H and O–H groups in total. The van der Waals surface area contributed by atoms with Gasteiger partial charge in [0.15, 0.2) is 0 Å². The summed E-state index contributed by atoms with van der Waals surface area (Å²) in [6, 6.07) is 2.84. The molecular weight excluding hydrogens is 264 g/mol. The molecule has 1 aromatic heterocycles. The lowest BCUT2D eigenvalue weighted by Gasteiger charge is -2.25. The average molecular weight is 277 g/mol. The maximum absolute atomic E-state index is 12.1. The van der Waals surface area contributed by atoms with Crippen LogP contribution in [0.3, 0.4) is 0 Å². The third-order valence-corrected chi connectivity index (χ3v) is 3.39. The van der Waals surface area contributed by atoms with E-state index in [1.54, 1.807) is 4.90 Å². The summed E-state index contributed by atoms with van der Waals surface area (Å²) in [6.07, 6.45) is 0. The minimum Gasteiger partial charge on any atom is -0.334 e. The highest BCUT2D eigenvalue weighted by molar-refractivity contribution is 7.17. The van der Waals surface area contributed by atoms with Crippen molar-refractivity contribution in [1.82, 2.24) is 4.90 Å². The second-order valence-electron chi connectivity index (χ2n) is 3.68. The van der Waals surface area contributed by atoms with Crippen LogP contribution in [-0.4, -0.2) is 34.2 Å². The number of carbonyl (C=O) groups is 1. The van der Waals surface area contributed by atoms with Gasteiger partial charge in [-0.15, -0.1) is 11.6 Å². The molecule has 0 aromatic carbocycles. The molecule has 0 unspecified atom stereocenters. The molecule has 1 heterocycles. The van der Waals surface area contributed by atoms with Crippen LogP contribution in [0.1, 0.15) is 23.5 Å². The van der Waals surface area contributed by atoms with Crippen molar-refractivity contribution < 1.29 is 9.72 Å². The van der Waals surface area contributed by atoms with Crippen LogP contribution in [0.25, 0.3) is 0 Å². The molecule has 0 radical (unpaired) electrons. The van der Waals surface area contributed by atoms with Gasteiger partial charge in [0.25, 0.3) is 5.91 Å². The number of thiophene rings is 1. The molecule has 0 spiro atoms. The van der Waals surface area contributed by atoms with E-state index in [9.17, 15) is 14.9 Å². The summed E-state index contributed by atoms with van der Waals surface area (Å²) in [5.74, 6) is 0.135. The molecule has 0 saturated carbocycles. The third kappa shape index (κ3) is 3.41. The number of rotatable bonds is 5. The normalized spacial score (nSPS) is 10.6. The Bertz CT molecular complexity index is 419. The lowest BCUT2D eigenvalue weighted by Crippen LogP contribution is -2.37. The van der Waals surface area contributed by atoms with Gasteiger partial charge in [0.2, 0.25) is 0 Å². The number of amides is 1. The maximum Gasteiger partial charge on any atom is 0.324 e. The van der Waals surface area contributed by atoms with Crippen LogP contribution < -0.4 is 0 Å². The Balaban J connectivity index is 2.89. The van der Waals surface area contributed by atoms with E-state index < -0.39 is 4.92 Å². The number of nitro groups is 1. The number of halogens is 1. The van der Waals surface area contributed by atoms with E-state index in [0.717, 1.165) is 11.3 Å². The first-order valence-corrected chi connectivity index (χ1v) is 6.43. The number of hydrogen-bond acceptors (Lipinski definition) is 4. The summed E-state index contributed by atoms with van der Waals surface area (Å²) >= 11 is 6.52. The first-order valence-electron chi connectivity index (χ1n) is 5.08. The summed E-state index contributed by atoms with van der Waals surface area (Å²) in [5.41, 5.74) is 0. The Labute approximate surface area is 108 Å². The quantitative estimate of drug-likeness (QED) is 0.472. The molecule has 1 aromatic rings. The molecule has 0 saturated heterocycles. The molecule has 0 aliphatic carbocycles. The molecule has 5 nitrogen and oxygen atoms in total. The van der Waals surface area contributed by atoms with E-state index in [1.165, 1.54) is 12.1 Å². The van der Waals surface area contributed by atoms with Crippen LogP contribution in [0.4, 0.5) is 5.00 Å². The summed E-state index contributed by atoms with van der Waals surface area (Å²) in [4.78, 5) is 24.1. The van der Waals surface area contributed by atoms with Crippen molar-refractivity contribution in [3.63, 3.8) is 0 Å². The first-order chi connectivity index (χ1) is 7.97. The fraction of sp³-hybridized carbons (Fsp3) is 0.500. The monoisotopic (exact) mass is 276 g/mol. The van der Waals surface area contributed by atoms with E-state index in [2.05, 4.69) is 0 Å². The lowest BCUT2D eigenvalue weighted by molar-refractivity contribution is -0.380. The van der Waals surface area contributed by atoms with Gasteiger partial charge >= 0.3 is 5.00 Å². The van der Waals surface area contributed by atoms with Crippen molar-refractivity contribution in [2.24, 2.45) is 0 Å². The molecule has 1 amide bonds. The molecule has 7 heteroatoms. The second-order valence-corrected chi connectivity index (χ2v) is 5.12. The highest BCUT2D eigenvalue weighted by Crippen LogP contribution is 2.25. The van der Waals surface area contributed by atoms with Crippen molar-refractivity contribution in [3.8, 4) is 0 Å². The molecule has 94 valence electrons. The fourth-order valence-electron chi connectivity index (χ4n) is 1.37. The Hall–Kier alpha value is -1.14. The Kier molecular flexibility index (Phi) is 4.89. The SMILES string of the molecule is CC(C)N(CCCl)C(=O)c1ccc([N+](=O)[O-])s1. The van der Waals surface area contributed by atoms with E-state index >= 15 is 0 Å². The predicted octanol–water partition coefficient (Wildman–Crippen LogP) is 2.75. The minimum absolute atomic E-state index is 0.0161. The van der Waals surface area contributed by atoms with Gasteiger partial charge in [-0.2, -0.15) is 0 Å². The van der Waals surface area contributed by atoms with Crippen molar-refractivity contribution in [3.05, 3.63) is 27.1 Å². The Morgan fingerprint density at radius 2 is 2.24 bits per heavy atom. The van der Waals surface area contributed by atoms with E-state index in [-0.39, 0.29) is 17.0 Å². The topological polar surface area (TPSA) is 63.5 Å². The molecule has 0 fully saturated rings. The minimum atomic E-state index is -0.497. The summed E-state index contributed by atoms with van der Waals surface area (Å²) in [7, 11) is 0. The molecule has 0 aliphatic heterocycles. The first kappa shape index (κ1) is 13.9. The van der Waals surface area contributed by atoms with Gasteiger partial charge in [-0.3, -0.25) is 14.9 Å². The van der Waals surface area contributed by atoms with Crippen LogP contribution in [0.15, 0.2) is 12.1 Å². The van der Waals surface area contributed by atoms with Crippen LogP contribution in [0.5, 0.6) is 0 Å². The third-order valence-electron chi connectivity index (χ3n) is 2.19. The maximum atomic E-state index is 12.1. The number of nitrogens with zero attached hydrogens (tertiary/aromatic N) is 2. The fourth-order valence-corrected chi connectivity index (χ4v) is 2.33. The average Bonchev–Trinajstić information content (AvgIpc) is 2.73. The van der Waals surface area contributed by atoms with Gasteiger partial charge in [0, 0.05) is 24.5 Å². The zero-order valence-electron chi connectivity index (χ0n) is 9.55. The van der Waals surface area contributed by atoms with Crippen LogP contribution in [-0.2, 0) is 0 Å². The van der Waals surface area contributed by atoms with Gasteiger partial charge in [0.1, 0.15) is 0 Å². The zero-order chi connectivity index (χ0) is 13.0. The van der Waals surface area contributed by atoms with Crippen molar-refractivity contribution in [2.45, 2.75) is 19.9 Å². The molecule has 0 atom stereocenters.